The van der Waals surface area contributed by atoms with Crippen LogP contribution in [0.4, 0.5) is 0 Å². The van der Waals surface area contributed by atoms with Crippen molar-refractivity contribution in [2.75, 3.05) is 21.2 Å². The van der Waals surface area contributed by atoms with E-state index < -0.39 is 0 Å². The molecule has 2 rings (SSSR count). The van der Waals surface area contributed by atoms with Gasteiger partial charge in [0.25, 0.3) is 5.88 Å². The van der Waals surface area contributed by atoms with Crippen LogP contribution < -0.4 is 0 Å². The summed E-state index contributed by atoms with van der Waals surface area (Å²) < 4.78 is 5.73. The lowest BCUT2D eigenvalue weighted by Gasteiger charge is -2.20. The molecule has 0 amide bonds. The van der Waals surface area contributed by atoms with E-state index in [1.54, 1.807) is 7.11 Å². The van der Waals surface area contributed by atoms with Gasteiger partial charge in [0, 0.05) is 5.02 Å². The first-order chi connectivity index (χ1) is 7.53. The Morgan fingerprint density at radius 3 is 2.31 bits per heavy atom. The predicted octanol–water partition coefficient (Wildman–Crippen LogP) is 2.62. The molecule has 0 fully saturated rings. The van der Waals surface area contributed by atoms with Gasteiger partial charge in [-0.25, -0.2) is 4.48 Å². The second-order valence-electron chi connectivity index (χ2n) is 4.15. The zero-order valence-corrected chi connectivity index (χ0v) is 10.3. The van der Waals surface area contributed by atoms with Crippen LogP contribution in [0.2, 0.25) is 5.02 Å². The zero-order chi connectivity index (χ0) is 11.8. The van der Waals surface area contributed by atoms with E-state index in [1.807, 2.05) is 30.5 Å². The summed E-state index contributed by atoms with van der Waals surface area (Å²) in [4.78, 5) is 4.44. The summed E-state index contributed by atoms with van der Waals surface area (Å²) in [5.74, 6) is 1.60. The van der Waals surface area contributed by atoms with Gasteiger partial charge in [-0.05, 0) is 24.3 Å². The van der Waals surface area contributed by atoms with Crippen molar-refractivity contribution in [1.82, 2.24) is 0 Å². The molecule has 1 aliphatic rings. The van der Waals surface area contributed by atoms with Gasteiger partial charge in [-0.2, -0.15) is 4.99 Å². The van der Waals surface area contributed by atoms with Gasteiger partial charge in [0.1, 0.15) is 0 Å². The molecule has 0 aromatic heterocycles. The molecule has 0 atom stereocenters. The Bertz CT molecular complexity index is 460. The average Bonchev–Trinajstić information content (AvgIpc) is 2.55. The predicted molar refractivity (Wildman–Crippen MR) is 65.2 cm³/mol. The molecular weight excluding hydrogens is 224 g/mol. The third kappa shape index (κ3) is 1.96. The summed E-state index contributed by atoms with van der Waals surface area (Å²) in [5, 5.41) is 0.729. The van der Waals surface area contributed by atoms with Crippen molar-refractivity contribution >= 4 is 17.4 Å². The second kappa shape index (κ2) is 3.92. The third-order valence-corrected chi connectivity index (χ3v) is 2.76. The molecular formula is C12H14ClN2O+. The summed E-state index contributed by atoms with van der Waals surface area (Å²) in [6.45, 7) is 0. The van der Waals surface area contributed by atoms with Gasteiger partial charge in [-0.1, -0.05) is 11.6 Å². The number of rotatable bonds is 2. The fourth-order valence-corrected chi connectivity index (χ4v) is 1.82. The Kier molecular flexibility index (Phi) is 2.74. The number of amidine groups is 1. The van der Waals surface area contributed by atoms with Crippen LogP contribution in [0.3, 0.4) is 0 Å². The van der Waals surface area contributed by atoms with Crippen molar-refractivity contribution in [3.05, 3.63) is 46.9 Å². The van der Waals surface area contributed by atoms with Gasteiger partial charge in [-0.15, -0.1) is 0 Å². The molecule has 0 unspecified atom stereocenters. The van der Waals surface area contributed by atoms with E-state index in [9.17, 15) is 0 Å². The minimum Gasteiger partial charge on any atom is -0.477 e. The second-order valence-corrected chi connectivity index (χ2v) is 4.59. The maximum absolute atomic E-state index is 5.86. The van der Waals surface area contributed by atoms with Crippen molar-refractivity contribution in [2.24, 2.45) is 4.99 Å². The molecule has 0 bridgehead atoms. The van der Waals surface area contributed by atoms with Gasteiger partial charge in [0.15, 0.2) is 6.20 Å². The van der Waals surface area contributed by atoms with Crippen LogP contribution in [0.5, 0.6) is 0 Å². The number of benzene rings is 1. The third-order valence-electron chi connectivity index (χ3n) is 2.51. The lowest BCUT2D eigenvalue weighted by atomic mass is 10.2. The van der Waals surface area contributed by atoms with Crippen molar-refractivity contribution in [2.45, 2.75) is 0 Å². The van der Waals surface area contributed by atoms with Crippen LogP contribution in [0, 0.1) is 0 Å². The van der Waals surface area contributed by atoms with E-state index in [4.69, 9.17) is 16.3 Å². The lowest BCUT2D eigenvalue weighted by Crippen LogP contribution is -2.38. The van der Waals surface area contributed by atoms with Crippen molar-refractivity contribution in [3.63, 3.8) is 0 Å². The average molecular weight is 238 g/mol. The molecule has 1 aliphatic heterocycles. The van der Waals surface area contributed by atoms with Gasteiger partial charge >= 0.3 is 0 Å². The van der Waals surface area contributed by atoms with E-state index in [0.717, 1.165) is 16.4 Å². The minimum absolute atomic E-state index is 0.574. The first-order valence-electron chi connectivity index (χ1n) is 4.98. The number of nitrogens with zero attached hydrogens (tertiary/aromatic N) is 2. The minimum atomic E-state index is 0.574. The van der Waals surface area contributed by atoms with E-state index in [1.165, 1.54) is 0 Å². The molecule has 84 valence electrons. The molecule has 0 aliphatic carbocycles. The van der Waals surface area contributed by atoms with E-state index in [2.05, 4.69) is 19.1 Å². The summed E-state index contributed by atoms with van der Waals surface area (Å²) in [6.07, 6.45) is 1.96. The highest BCUT2D eigenvalue weighted by molar-refractivity contribution is 6.30. The summed E-state index contributed by atoms with van der Waals surface area (Å²) >= 11 is 5.86. The maximum Gasteiger partial charge on any atom is 0.274 e. The highest BCUT2D eigenvalue weighted by Gasteiger charge is 2.31. The lowest BCUT2D eigenvalue weighted by molar-refractivity contribution is -0.739. The normalized spacial score (nSPS) is 18.0. The van der Waals surface area contributed by atoms with Crippen molar-refractivity contribution in [1.29, 1.82) is 0 Å². The van der Waals surface area contributed by atoms with Crippen LogP contribution >= 0.6 is 11.6 Å². The number of methoxy groups -OCH3 is 1. The molecule has 1 aromatic rings. The van der Waals surface area contributed by atoms with E-state index in [-0.39, 0.29) is 0 Å². The number of quaternary nitrogens is 1. The quantitative estimate of drug-likeness (QED) is 0.725. The van der Waals surface area contributed by atoms with Crippen LogP contribution in [-0.2, 0) is 4.74 Å². The van der Waals surface area contributed by atoms with Crippen molar-refractivity contribution < 1.29 is 9.22 Å². The van der Waals surface area contributed by atoms with Crippen LogP contribution in [-0.4, -0.2) is 31.5 Å². The molecule has 0 N–H and O–H groups in total. The SMILES string of the molecule is COC1=C[N+](C)(C)C(c2ccc(Cl)cc2)=N1. The molecule has 3 nitrogen and oxygen atoms in total. The Morgan fingerprint density at radius 1 is 1.19 bits per heavy atom. The fraction of sp³-hybridized carbons (Fsp3) is 0.250. The molecule has 1 heterocycles. The van der Waals surface area contributed by atoms with E-state index >= 15 is 0 Å². The van der Waals surface area contributed by atoms with Gasteiger partial charge < -0.3 is 4.74 Å². The highest BCUT2D eigenvalue weighted by Crippen LogP contribution is 2.22. The maximum atomic E-state index is 5.86. The van der Waals surface area contributed by atoms with Crippen LogP contribution in [0.15, 0.2) is 41.3 Å². The summed E-state index contributed by atoms with van der Waals surface area (Å²) in [7, 11) is 5.74. The summed E-state index contributed by atoms with van der Waals surface area (Å²) in [5.41, 5.74) is 1.05. The molecule has 0 saturated heterocycles. The van der Waals surface area contributed by atoms with Crippen molar-refractivity contribution in [3.8, 4) is 0 Å². The number of ether oxygens (including phenoxy) is 1. The smallest absolute Gasteiger partial charge is 0.274 e. The van der Waals surface area contributed by atoms with Gasteiger partial charge in [-0.3, -0.25) is 0 Å². The summed E-state index contributed by atoms with van der Waals surface area (Å²) in [6, 6.07) is 7.66. The Morgan fingerprint density at radius 2 is 1.81 bits per heavy atom. The largest absolute Gasteiger partial charge is 0.477 e. The molecule has 0 saturated carbocycles. The standard InChI is InChI=1S/C12H14ClN2O/c1-15(2)8-11(16-3)14-12(15)9-4-6-10(13)7-5-9/h4-8H,1-3H3/q+1. The number of aliphatic imine (C=N–C) groups is 1. The van der Waals surface area contributed by atoms with Crippen LogP contribution in [0.1, 0.15) is 5.56 Å². The zero-order valence-electron chi connectivity index (χ0n) is 9.57. The number of halogens is 1. The fourth-order valence-electron chi connectivity index (χ4n) is 1.69. The topological polar surface area (TPSA) is 21.6 Å². The monoisotopic (exact) mass is 237 g/mol. The van der Waals surface area contributed by atoms with Gasteiger partial charge in [0.05, 0.1) is 26.8 Å². The molecule has 4 heteroatoms. The van der Waals surface area contributed by atoms with Crippen LogP contribution in [0.25, 0.3) is 0 Å². The number of hydrogen-bond acceptors (Lipinski definition) is 2. The van der Waals surface area contributed by atoms with E-state index in [0.29, 0.717) is 10.4 Å². The first-order valence-corrected chi connectivity index (χ1v) is 5.36. The highest BCUT2D eigenvalue weighted by atomic mass is 35.5. The molecule has 0 spiro atoms. The first kappa shape index (κ1) is 11.2. The number of hydrogen-bond donors (Lipinski definition) is 0. The molecule has 16 heavy (non-hydrogen) atoms. The Balaban J connectivity index is 2.39. The molecule has 1 aromatic carbocycles. The van der Waals surface area contributed by atoms with Gasteiger partial charge in [0.2, 0.25) is 5.84 Å². The Hall–Kier alpha value is -1.32. The molecule has 0 radical (unpaired) electrons. The Labute approximate surface area is 100 Å².